The van der Waals surface area contributed by atoms with Crippen molar-refractivity contribution in [3.8, 4) is 22.6 Å². The van der Waals surface area contributed by atoms with Gasteiger partial charge in [-0.25, -0.2) is 8.42 Å². The molecule has 164 valence electrons. The van der Waals surface area contributed by atoms with Crippen LogP contribution < -0.4 is 4.72 Å². The summed E-state index contributed by atoms with van der Waals surface area (Å²) in [7, 11) is -3.95. The molecule has 0 unspecified atom stereocenters. The Labute approximate surface area is 198 Å². The van der Waals surface area contributed by atoms with Crippen molar-refractivity contribution in [1.29, 1.82) is 0 Å². The Kier molecular flexibility index (Phi) is 5.45. The highest BCUT2D eigenvalue weighted by atomic mass is 35.5. The molecule has 0 aliphatic heterocycles. The molecule has 0 saturated carbocycles. The molecule has 0 spiro atoms. The molecule has 0 amide bonds. The van der Waals surface area contributed by atoms with Crippen LogP contribution in [0.5, 0.6) is 0 Å². The first-order valence-corrected chi connectivity index (χ1v) is 11.9. The molecule has 0 aliphatic carbocycles. The number of anilines is 1. The van der Waals surface area contributed by atoms with E-state index < -0.39 is 10.0 Å². The zero-order chi connectivity index (χ0) is 23.0. The summed E-state index contributed by atoms with van der Waals surface area (Å²) in [5.41, 5.74) is 3.06. The van der Waals surface area contributed by atoms with E-state index in [-0.39, 0.29) is 14.9 Å². The zero-order valence-corrected chi connectivity index (χ0v) is 19.1. The van der Waals surface area contributed by atoms with Gasteiger partial charge in [0, 0.05) is 34.2 Å². The zero-order valence-electron chi connectivity index (χ0n) is 16.7. The Hall–Kier alpha value is -3.53. The molecule has 3 aromatic heterocycles. The van der Waals surface area contributed by atoms with Gasteiger partial charge in [0.2, 0.25) is 0 Å². The van der Waals surface area contributed by atoms with Crippen molar-refractivity contribution in [3.63, 3.8) is 0 Å². The number of nitrogens with one attached hydrogen (secondary N) is 1. The smallest absolute Gasteiger partial charge is 0.263 e. The van der Waals surface area contributed by atoms with Crippen LogP contribution in [0.3, 0.4) is 0 Å². The average molecular weight is 497 g/mol. The Morgan fingerprint density at radius 2 is 1.67 bits per heavy atom. The minimum atomic E-state index is -3.95. The summed E-state index contributed by atoms with van der Waals surface area (Å²) >= 11 is 12.0. The van der Waals surface area contributed by atoms with Gasteiger partial charge in [-0.2, -0.15) is 9.61 Å². The highest BCUT2D eigenvalue weighted by molar-refractivity contribution is 7.92. The van der Waals surface area contributed by atoms with Gasteiger partial charge in [0.05, 0.1) is 10.7 Å². The van der Waals surface area contributed by atoms with Crippen molar-refractivity contribution in [3.05, 3.63) is 89.2 Å². The molecule has 0 fully saturated rings. The number of hydrogen-bond acceptors (Lipinski definition) is 6. The molecule has 0 saturated heterocycles. The first kappa shape index (κ1) is 21.3. The van der Waals surface area contributed by atoms with Gasteiger partial charge < -0.3 is 0 Å². The van der Waals surface area contributed by atoms with Crippen molar-refractivity contribution in [2.24, 2.45) is 0 Å². The van der Waals surface area contributed by atoms with Gasteiger partial charge in [-0.1, -0.05) is 35.3 Å². The van der Waals surface area contributed by atoms with Crippen LogP contribution in [0.2, 0.25) is 10.0 Å². The number of sulfonamides is 1. The van der Waals surface area contributed by atoms with E-state index in [2.05, 4.69) is 25.0 Å². The SMILES string of the molecule is O=S(=O)(Nc1cccc(-c2ccc3nnc(-c4ccncc4)n3n2)c1)c1cc(Cl)ccc1Cl. The van der Waals surface area contributed by atoms with E-state index in [9.17, 15) is 8.42 Å². The number of nitrogens with zero attached hydrogens (tertiary/aromatic N) is 5. The predicted molar refractivity (Wildman–Crippen MR) is 127 cm³/mol. The topological polar surface area (TPSA) is 102 Å². The van der Waals surface area contributed by atoms with Crippen LogP contribution in [-0.2, 0) is 10.0 Å². The van der Waals surface area contributed by atoms with Gasteiger partial charge in [0.1, 0.15) is 4.90 Å². The van der Waals surface area contributed by atoms with Crippen LogP contribution in [0.4, 0.5) is 5.69 Å². The summed E-state index contributed by atoms with van der Waals surface area (Å²) in [5, 5.41) is 13.4. The maximum atomic E-state index is 12.9. The van der Waals surface area contributed by atoms with Crippen LogP contribution in [0.1, 0.15) is 0 Å². The van der Waals surface area contributed by atoms with Crippen LogP contribution in [0.15, 0.2) is 84.0 Å². The molecule has 5 rings (SSSR count). The third kappa shape index (κ3) is 4.25. The molecule has 1 N–H and O–H groups in total. The van der Waals surface area contributed by atoms with Crippen LogP contribution in [0, 0.1) is 0 Å². The predicted octanol–water partition coefficient (Wildman–Crippen LogP) is 4.96. The second-order valence-electron chi connectivity index (χ2n) is 7.01. The lowest BCUT2D eigenvalue weighted by Gasteiger charge is -2.11. The molecular formula is C22H14Cl2N6O2S. The second kappa shape index (κ2) is 8.43. The summed E-state index contributed by atoms with van der Waals surface area (Å²) < 4.78 is 29.9. The third-order valence-electron chi connectivity index (χ3n) is 4.79. The van der Waals surface area contributed by atoms with Crippen LogP contribution >= 0.6 is 23.2 Å². The van der Waals surface area contributed by atoms with Gasteiger partial charge in [-0.15, -0.1) is 10.2 Å². The highest BCUT2D eigenvalue weighted by Crippen LogP contribution is 2.28. The lowest BCUT2D eigenvalue weighted by molar-refractivity contribution is 0.601. The van der Waals surface area contributed by atoms with E-state index >= 15 is 0 Å². The standard InChI is InChI=1S/C22H14Cl2N6O2S/c23-16-4-5-18(24)20(13-16)33(31,32)29-17-3-1-2-15(12-17)19-6-7-21-26-27-22(30(21)28-19)14-8-10-25-11-9-14/h1-13,29H. The first-order valence-electron chi connectivity index (χ1n) is 9.62. The van der Waals surface area contributed by atoms with E-state index in [1.54, 1.807) is 47.2 Å². The first-order chi connectivity index (χ1) is 15.9. The van der Waals surface area contributed by atoms with Crippen molar-refractivity contribution < 1.29 is 8.42 Å². The van der Waals surface area contributed by atoms with E-state index in [1.165, 1.54) is 18.2 Å². The fourth-order valence-corrected chi connectivity index (χ4v) is 5.07. The fourth-order valence-electron chi connectivity index (χ4n) is 3.26. The van der Waals surface area contributed by atoms with Gasteiger partial charge in [-0.05, 0) is 54.6 Å². The summed E-state index contributed by atoms with van der Waals surface area (Å²) in [4.78, 5) is 3.92. The number of hydrogen-bond donors (Lipinski definition) is 1. The minimum absolute atomic E-state index is 0.0754. The van der Waals surface area contributed by atoms with E-state index in [4.69, 9.17) is 23.2 Å². The summed E-state index contributed by atoms with van der Waals surface area (Å²) in [5.74, 6) is 0.571. The Balaban J connectivity index is 1.51. The second-order valence-corrected chi connectivity index (χ2v) is 9.50. The summed E-state index contributed by atoms with van der Waals surface area (Å²) in [6.07, 6.45) is 3.34. The molecule has 11 heteroatoms. The molecule has 33 heavy (non-hydrogen) atoms. The fraction of sp³-hybridized carbons (Fsp3) is 0. The van der Waals surface area contributed by atoms with Gasteiger partial charge in [0.25, 0.3) is 10.0 Å². The van der Waals surface area contributed by atoms with E-state index in [0.717, 1.165) is 5.56 Å². The number of benzene rings is 2. The van der Waals surface area contributed by atoms with Crippen molar-refractivity contribution in [2.45, 2.75) is 4.90 Å². The molecule has 3 heterocycles. The monoisotopic (exact) mass is 496 g/mol. The molecule has 0 aliphatic rings. The number of pyridine rings is 1. The normalized spacial score (nSPS) is 11.6. The molecule has 0 bridgehead atoms. The average Bonchev–Trinajstić information content (AvgIpc) is 3.24. The molecule has 0 atom stereocenters. The van der Waals surface area contributed by atoms with Gasteiger partial charge in [-0.3, -0.25) is 9.71 Å². The molecule has 0 radical (unpaired) electrons. The number of halogens is 2. The van der Waals surface area contributed by atoms with Crippen molar-refractivity contribution in [2.75, 3.05) is 4.72 Å². The van der Waals surface area contributed by atoms with E-state index in [0.29, 0.717) is 28.4 Å². The molecule has 5 aromatic rings. The van der Waals surface area contributed by atoms with Crippen LogP contribution in [-0.4, -0.2) is 33.2 Å². The van der Waals surface area contributed by atoms with Crippen molar-refractivity contribution in [1.82, 2.24) is 24.8 Å². The Morgan fingerprint density at radius 3 is 2.48 bits per heavy atom. The van der Waals surface area contributed by atoms with Gasteiger partial charge >= 0.3 is 0 Å². The minimum Gasteiger partial charge on any atom is -0.280 e. The molecule has 8 nitrogen and oxygen atoms in total. The number of fused-ring (bicyclic) bond motifs is 1. The lowest BCUT2D eigenvalue weighted by atomic mass is 10.1. The Bertz CT molecular complexity index is 1590. The maximum Gasteiger partial charge on any atom is 0.263 e. The summed E-state index contributed by atoms with van der Waals surface area (Å²) in [6, 6.07) is 18.4. The van der Waals surface area contributed by atoms with Crippen LogP contribution in [0.25, 0.3) is 28.3 Å². The van der Waals surface area contributed by atoms with Gasteiger partial charge in [0.15, 0.2) is 11.5 Å². The highest BCUT2D eigenvalue weighted by Gasteiger charge is 2.19. The Morgan fingerprint density at radius 1 is 0.848 bits per heavy atom. The third-order valence-corrected chi connectivity index (χ3v) is 6.89. The number of rotatable bonds is 5. The molecular weight excluding hydrogens is 483 g/mol. The summed E-state index contributed by atoms with van der Waals surface area (Å²) in [6.45, 7) is 0. The largest absolute Gasteiger partial charge is 0.280 e. The van der Waals surface area contributed by atoms with E-state index in [1.807, 2.05) is 18.2 Å². The lowest BCUT2D eigenvalue weighted by Crippen LogP contribution is -2.13. The van der Waals surface area contributed by atoms with Crippen molar-refractivity contribution >= 4 is 44.6 Å². The quantitative estimate of drug-likeness (QED) is 0.368. The maximum absolute atomic E-state index is 12.9. The molecule has 2 aromatic carbocycles. The number of aromatic nitrogens is 5.